The first-order valence-corrected chi connectivity index (χ1v) is 6.05. The summed E-state index contributed by atoms with van der Waals surface area (Å²) in [4.78, 5) is 4.28. The minimum Gasteiger partial charge on any atom is -0.489 e. The van der Waals surface area contributed by atoms with Crippen LogP contribution in [0.2, 0.25) is 0 Å². The fourth-order valence-electron chi connectivity index (χ4n) is 1.89. The van der Waals surface area contributed by atoms with Gasteiger partial charge in [0.15, 0.2) is 11.5 Å². The van der Waals surface area contributed by atoms with Crippen molar-refractivity contribution < 1.29 is 9.15 Å². The van der Waals surface area contributed by atoms with E-state index in [1.807, 2.05) is 49.4 Å². The van der Waals surface area contributed by atoms with Crippen molar-refractivity contribution in [1.29, 1.82) is 0 Å². The number of benzene rings is 2. The fourth-order valence-corrected chi connectivity index (χ4v) is 1.89. The number of nitrogens with two attached hydrogens (primary N) is 1. The number of ether oxygens (including phenoxy) is 1. The SMILES string of the molecule is Cc1nc2cc(OCc3ccc(N)cc3)ccc2o1. The highest BCUT2D eigenvalue weighted by atomic mass is 16.5. The van der Waals surface area contributed by atoms with E-state index in [0.29, 0.717) is 12.5 Å². The molecule has 19 heavy (non-hydrogen) atoms. The van der Waals surface area contributed by atoms with Gasteiger partial charge in [0.1, 0.15) is 17.9 Å². The molecule has 2 N–H and O–H groups in total. The van der Waals surface area contributed by atoms with Crippen LogP contribution in [-0.4, -0.2) is 4.98 Å². The summed E-state index contributed by atoms with van der Waals surface area (Å²) in [6.07, 6.45) is 0. The second-order valence-corrected chi connectivity index (χ2v) is 4.39. The summed E-state index contributed by atoms with van der Waals surface area (Å²) in [5.74, 6) is 1.43. The van der Waals surface area contributed by atoms with E-state index in [9.17, 15) is 0 Å². The fraction of sp³-hybridized carbons (Fsp3) is 0.133. The number of hydrogen-bond donors (Lipinski definition) is 1. The maximum Gasteiger partial charge on any atom is 0.192 e. The number of aromatic nitrogens is 1. The molecule has 0 amide bonds. The molecule has 0 spiro atoms. The molecule has 4 nitrogen and oxygen atoms in total. The zero-order valence-electron chi connectivity index (χ0n) is 10.6. The summed E-state index contributed by atoms with van der Waals surface area (Å²) in [5.41, 5.74) is 9.05. The van der Waals surface area contributed by atoms with Crippen LogP contribution in [-0.2, 0) is 6.61 Å². The van der Waals surface area contributed by atoms with Gasteiger partial charge in [0.25, 0.3) is 0 Å². The highest BCUT2D eigenvalue weighted by molar-refractivity contribution is 5.74. The molecule has 0 radical (unpaired) electrons. The van der Waals surface area contributed by atoms with E-state index in [-0.39, 0.29) is 0 Å². The Balaban J connectivity index is 1.75. The van der Waals surface area contributed by atoms with Crippen molar-refractivity contribution in [3.63, 3.8) is 0 Å². The van der Waals surface area contributed by atoms with Crippen molar-refractivity contribution in [2.24, 2.45) is 0 Å². The van der Waals surface area contributed by atoms with Crippen LogP contribution in [0, 0.1) is 6.92 Å². The van der Waals surface area contributed by atoms with E-state index in [1.165, 1.54) is 0 Å². The molecule has 1 heterocycles. The monoisotopic (exact) mass is 254 g/mol. The number of fused-ring (bicyclic) bond motifs is 1. The molecule has 0 bridgehead atoms. The molecule has 0 aliphatic heterocycles. The van der Waals surface area contributed by atoms with Crippen LogP contribution in [0.1, 0.15) is 11.5 Å². The van der Waals surface area contributed by atoms with E-state index in [1.54, 1.807) is 0 Å². The zero-order chi connectivity index (χ0) is 13.2. The Labute approximate surface area is 110 Å². The smallest absolute Gasteiger partial charge is 0.192 e. The lowest BCUT2D eigenvalue weighted by atomic mass is 10.2. The number of nitrogens with zero attached hydrogens (tertiary/aromatic N) is 1. The Morgan fingerprint density at radius 2 is 1.95 bits per heavy atom. The summed E-state index contributed by atoms with van der Waals surface area (Å²) < 4.78 is 11.1. The maximum absolute atomic E-state index is 5.73. The van der Waals surface area contributed by atoms with Crippen molar-refractivity contribution >= 4 is 16.8 Å². The first-order chi connectivity index (χ1) is 9.20. The third-order valence-electron chi connectivity index (χ3n) is 2.85. The van der Waals surface area contributed by atoms with Crippen LogP contribution in [0.4, 0.5) is 5.69 Å². The molecule has 3 aromatic rings. The molecule has 2 aromatic carbocycles. The largest absolute Gasteiger partial charge is 0.489 e. The summed E-state index contributed by atoms with van der Waals surface area (Å²) in [5, 5.41) is 0. The number of hydrogen-bond acceptors (Lipinski definition) is 4. The Morgan fingerprint density at radius 3 is 2.74 bits per heavy atom. The van der Waals surface area contributed by atoms with Gasteiger partial charge in [0, 0.05) is 18.7 Å². The summed E-state index contributed by atoms with van der Waals surface area (Å²) in [6, 6.07) is 13.3. The molecule has 96 valence electrons. The van der Waals surface area contributed by atoms with Gasteiger partial charge in [-0.1, -0.05) is 12.1 Å². The molecule has 0 aliphatic carbocycles. The molecule has 0 aliphatic rings. The van der Waals surface area contributed by atoms with E-state index in [0.717, 1.165) is 28.1 Å². The van der Waals surface area contributed by atoms with Gasteiger partial charge in [-0.25, -0.2) is 4.98 Å². The molecule has 0 atom stereocenters. The Morgan fingerprint density at radius 1 is 1.16 bits per heavy atom. The van der Waals surface area contributed by atoms with Gasteiger partial charge >= 0.3 is 0 Å². The van der Waals surface area contributed by atoms with Crippen molar-refractivity contribution in [2.75, 3.05) is 5.73 Å². The van der Waals surface area contributed by atoms with E-state index in [2.05, 4.69) is 4.98 Å². The van der Waals surface area contributed by atoms with E-state index in [4.69, 9.17) is 14.9 Å². The standard InChI is InChI=1S/C15H14N2O2/c1-10-17-14-8-13(6-7-15(14)19-10)18-9-11-2-4-12(16)5-3-11/h2-8H,9,16H2,1H3. The van der Waals surface area contributed by atoms with Gasteiger partial charge in [0.2, 0.25) is 0 Å². The van der Waals surface area contributed by atoms with Gasteiger partial charge in [-0.2, -0.15) is 0 Å². The van der Waals surface area contributed by atoms with Gasteiger partial charge in [-0.15, -0.1) is 0 Å². The van der Waals surface area contributed by atoms with E-state index < -0.39 is 0 Å². The van der Waals surface area contributed by atoms with Gasteiger partial charge in [0.05, 0.1) is 0 Å². The second kappa shape index (κ2) is 4.65. The van der Waals surface area contributed by atoms with Crippen LogP contribution >= 0.6 is 0 Å². The highest BCUT2D eigenvalue weighted by Crippen LogP contribution is 2.22. The molecule has 0 fully saturated rings. The Kier molecular flexibility index (Phi) is 2.83. The van der Waals surface area contributed by atoms with Crippen LogP contribution in [0.5, 0.6) is 5.75 Å². The van der Waals surface area contributed by atoms with Crippen LogP contribution < -0.4 is 10.5 Å². The molecule has 3 rings (SSSR count). The second-order valence-electron chi connectivity index (χ2n) is 4.39. The summed E-state index contributed by atoms with van der Waals surface area (Å²) in [6.45, 7) is 2.33. The molecule has 0 saturated heterocycles. The molecule has 4 heteroatoms. The van der Waals surface area contributed by atoms with Crippen LogP contribution in [0.25, 0.3) is 11.1 Å². The third kappa shape index (κ3) is 2.52. The lowest BCUT2D eigenvalue weighted by molar-refractivity contribution is 0.306. The van der Waals surface area contributed by atoms with Crippen molar-refractivity contribution in [3.8, 4) is 5.75 Å². The predicted octanol–water partition coefficient (Wildman–Crippen LogP) is 3.30. The number of aryl methyl sites for hydroxylation is 1. The van der Waals surface area contributed by atoms with Crippen molar-refractivity contribution in [1.82, 2.24) is 4.98 Å². The first-order valence-electron chi connectivity index (χ1n) is 6.05. The van der Waals surface area contributed by atoms with Gasteiger partial charge < -0.3 is 14.9 Å². The van der Waals surface area contributed by atoms with Crippen LogP contribution in [0.3, 0.4) is 0 Å². The minimum atomic E-state index is 0.503. The molecule has 0 saturated carbocycles. The number of oxazole rings is 1. The summed E-state index contributed by atoms with van der Waals surface area (Å²) >= 11 is 0. The molecule has 1 aromatic heterocycles. The Bertz CT molecular complexity index is 702. The van der Waals surface area contributed by atoms with Crippen molar-refractivity contribution in [3.05, 3.63) is 53.9 Å². The van der Waals surface area contributed by atoms with Gasteiger partial charge in [-0.3, -0.25) is 0 Å². The first kappa shape index (κ1) is 11.6. The number of nitrogen functional groups attached to an aromatic ring is 1. The lowest BCUT2D eigenvalue weighted by Gasteiger charge is -2.06. The van der Waals surface area contributed by atoms with Gasteiger partial charge in [-0.05, 0) is 29.8 Å². The number of anilines is 1. The third-order valence-corrected chi connectivity index (χ3v) is 2.85. The lowest BCUT2D eigenvalue weighted by Crippen LogP contribution is -1.95. The van der Waals surface area contributed by atoms with Crippen molar-refractivity contribution in [2.45, 2.75) is 13.5 Å². The minimum absolute atomic E-state index is 0.503. The quantitative estimate of drug-likeness (QED) is 0.728. The Hall–Kier alpha value is -2.49. The zero-order valence-corrected chi connectivity index (χ0v) is 10.6. The normalized spacial score (nSPS) is 10.8. The topological polar surface area (TPSA) is 61.3 Å². The predicted molar refractivity (Wildman–Crippen MR) is 73.9 cm³/mol. The van der Waals surface area contributed by atoms with E-state index >= 15 is 0 Å². The number of rotatable bonds is 3. The average Bonchev–Trinajstić information content (AvgIpc) is 2.77. The molecular weight excluding hydrogens is 240 g/mol. The van der Waals surface area contributed by atoms with Crippen LogP contribution in [0.15, 0.2) is 46.9 Å². The molecular formula is C15H14N2O2. The average molecular weight is 254 g/mol. The summed E-state index contributed by atoms with van der Waals surface area (Å²) in [7, 11) is 0. The maximum atomic E-state index is 5.73. The highest BCUT2D eigenvalue weighted by Gasteiger charge is 2.04. The molecule has 0 unspecified atom stereocenters.